The molecule has 1 amide bonds. The Labute approximate surface area is 149 Å². The van der Waals surface area contributed by atoms with E-state index >= 15 is 0 Å². The van der Waals surface area contributed by atoms with Crippen molar-refractivity contribution in [3.8, 4) is 12.3 Å². The molecule has 25 heavy (non-hydrogen) atoms. The highest BCUT2D eigenvalue weighted by molar-refractivity contribution is 5.78. The van der Waals surface area contributed by atoms with Gasteiger partial charge < -0.3 is 10.2 Å². The van der Waals surface area contributed by atoms with Gasteiger partial charge in [-0.1, -0.05) is 5.92 Å². The molecular weight excluding hydrogens is 317 g/mol. The van der Waals surface area contributed by atoms with E-state index < -0.39 is 0 Å². The molecule has 4 nitrogen and oxygen atoms in total. The minimum atomic E-state index is -0.208. The fourth-order valence-electron chi connectivity index (χ4n) is 3.76. The Balaban J connectivity index is 1.40. The third kappa shape index (κ3) is 4.73. The van der Waals surface area contributed by atoms with Crippen LogP contribution in [-0.4, -0.2) is 50.1 Å². The first-order valence-electron chi connectivity index (χ1n) is 9.09. The second-order valence-electron chi connectivity index (χ2n) is 7.08. The summed E-state index contributed by atoms with van der Waals surface area (Å²) in [5, 5.41) is 3.14. The predicted octanol–water partition coefficient (Wildman–Crippen LogP) is 2.11. The third-order valence-corrected chi connectivity index (χ3v) is 5.32. The number of piperidine rings is 1. The van der Waals surface area contributed by atoms with Gasteiger partial charge in [0, 0.05) is 31.2 Å². The second kappa shape index (κ2) is 8.35. The number of hydrogen-bond donors (Lipinski definition) is 1. The zero-order valence-electron chi connectivity index (χ0n) is 14.6. The lowest BCUT2D eigenvalue weighted by Gasteiger charge is -2.30. The molecule has 134 valence electrons. The summed E-state index contributed by atoms with van der Waals surface area (Å²) >= 11 is 0. The number of likely N-dealkylation sites (tertiary alicyclic amines) is 1. The molecule has 2 aliphatic heterocycles. The molecule has 2 fully saturated rings. The van der Waals surface area contributed by atoms with Gasteiger partial charge in [-0.2, -0.15) is 0 Å². The van der Waals surface area contributed by atoms with Crippen LogP contribution >= 0.6 is 0 Å². The van der Waals surface area contributed by atoms with Crippen molar-refractivity contribution in [2.24, 2.45) is 11.8 Å². The number of rotatable bonds is 5. The highest BCUT2D eigenvalue weighted by Crippen LogP contribution is 2.24. The van der Waals surface area contributed by atoms with Crippen LogP contribution in [0.4, 0.5) is 10.1 Å². The first-order chi connectivity index (χ1) is 12.2. The van der Waals surface area contributed by atoms with E-state index in [1.807, 2.05) is 12.1 Å². The summed E-state index contributed by atoms with van der Waals surface area (Å²) in [6.07, 6.45) is 8.17. The van der Waals surface area contributed by atoms with E-state index in [-0.39, 0.29) is 17.6 Å². The van der Waals surface area contributed by atoms with E-state index in [1.165, 1.54) is 12.1 Å². The van der Waals surface area contributed by atoms with E-state index in [0.29, 0.717) is 12.5 Å². The number of halogens is 1. The molecule has 0 radical (unpaired) electrons. The summed E-state index contributed by atoms with van der Waals surface area (Å²) in [4.78, 5) is 16.9. The first kappa shape index (κ1) is 17.8. The van der Waals surface area contributed by atoms with E-state index in [4.69, 9.17) is 6.42 Å². The van der Waals surface area contributed by atoms with Crippen molar-refractivity contribution in [1.82, 2.24) is 10.2 Å². The van der Waals surface area contributed by atoms with Gasteiger partial charge in [0.25, 0.3) is 0 Å². The number of nitrogens with zero attached hydrogens (tertiary/aromatic N) is 2. The number of amides is 1. The van der Waals surface area contributed by atoms with Crippen LogP contribution < -0.4 is 10.2 Å². The molecule has 5 heteroatoms. The molecule has 2 heterocycles. The first-order valence-corrected chi connectivity index (χ1v) is 9.09. The van der Waals surface area contributed by atoms with E-state index in [2.05, 4.69) is 21.0 Å². The van der Waals surface area contributed by atoms with Crippen LogP contribution in [-0.2, 0) is 4.79 Å². The van der Waals surface area contributed by atoms with Gasteiger partial charge in [-0.25, -0.2) is 4.39 Å². The van der Waals surface area contributed by atoms with Gasteiger partial charge in [0.1, 0.15) is 5.82 Å². The van der Waals surface area contributed by atoms with E-state index in [9.17, 15) is 9.18 Å². The number of terminal acetylenes is 1. The maximum atomic E-state index is 13.0. The highest BCUT2D eigenvalue weighted by atomic mass is 19.1. The van der Waals surface area contributed by atoms with Crippen molar-refractivity contribution >= 4 is 11.6 Å². The minimum Gasteiger partial charge on any atom is -0.371 e. The molecule has 1 N–H and O–H groups in total. The molecule has 1 atom stereocenters. The number of carbonyl (C=O) groups excluding carboxylic acids is 1. The summed E-state index contributed by atoms with van der Waals surface area (Å²) < 4.78 is 13.0. The number of hydrogen-bond acceptors (Lipinski definition) is 3. The molecule has 0 saturated carbocycles. The summed E-state index contributed by atoms with van der Waals surface area (Å²) in [6, 6.07) is 6.63. The SMILES string of the molecule is C#CCN1CCC(C(=O)NC[C@@H]2CCN(c3ccc(F)cc3)C2)CC1. The zero-order valence-corrected chi connectivity index (χ0v) is 14.6. The lowest BCUT2D eigenvalue weighted by molar-refractivity contribution is -0.126. The maximum Gasteiger partial charge on any atom is 0.223 e. The van der Waals surface area contributed by atoms with E-state index in [1.54, 1.807) is 0 Å². The Morgan fingerprint density at radius 1 is 1.20 bits per heavy atom. The van der Waals surface area contributed by atoms with Crippen molar-refractivity contribution in [3.63, 3.8) is 0 Å². The fraction of sp³-hybridized carbons (Fsp3) is 0.550. The highest BCUT2D eigenvalue weighted by Gasteiger charge is 2.27. The number of nitrogens with one attached hydrogen (secondary N) is 1. The van der Waals surface area contributed by atoms with Crippen molar-refractivity contribution in [1.29, 1.82) is 0 Å². The molecule has 1 aromatic carbocycles. The average molecular weight is 343 g/mol. The largest absolute Gasteiger partial charge is 0.371 e. The Kier molecular flexibility index (Phi) is 5.93. The second-order valence-corrected chi connectivity index (χ2v) is 7.08. The molecule has 0 spiro atoms. The van der Waals surface area contributed by atoms with Crippen molar-refractivity contribution in [2.45, 2.75) is 19.3 Å². The molecule has 0 aliphatic carbocycles. The molecule has 0 unspecified atom stereocenters. The molecule has 1 aromatic rings. The van der Waals surface area contributed by atoms with Crippen LogP contribution in [0, 0.1) is 30.0 Å². The Hall–Kier alpha value is -2.06. The van der Waals surface area contributed by atoms with Gasteiger partial charge in [0.05, 0.1) is 6.54 Å². The van der Waals surface area contributed by atoms with Crippen LogP contribution in [0.1, 0.15) is 19.3 Å². The van der Waals surface area contributed by atoms with Gasteiger partial charge >= 0.3 is 0 Å². The summed E-state index contributed by atoms with van der Waals surface area (Å²) in [5.41, 5.74) is 1.05. The van der Waals surface area contributed by atoms with Crippen molar-refractivity contribution in [2.75, 3.05) is 44.2 Å². The predicted molar refractivity (Wildman–Crippen MR) is 97.7 cm³/mol. The lowest BCUT2D eigenvalue weighted by Crippen LogP contribution is -2.42. The zero-order chi connectivity index (χ0) is 17.6. The topological polar surface area (TPSA) is 35.6 Å². The normalized spacial score (nSPS) is 21.9. The van der Waals surface area contributed by atoms with Crippen LogP contribution in [0.15, 0.2) is 24.3 Å². The van der Waals surface area contributed by atoms with Crippen molar-refractivity contribution < 1.29 is 9.18 Å². The Bertz CT molecular complexity index is 617. The van der Waals surface area contributed by atoms with Crippen LogP contribution in [0.25, 0.3) is 0 Å². The van der Waals surface area contributed by atoms with E-state index in [0.717, 1.165) is 57.7 Å². The monoisotopic (exact) mass is 343 g/mol. The molecule has 2 aliphatic rings. The summed E-state index contributed by atoms with van der Waals surface area (Å²) in [6.45, 7) is 5.08. The number of benzene rings is 1. The molecule has 2 saturated heterocycles. The van der Waals surface area contributed by atoms with Gasteiger partial charge in [0.2, 0.25) is 5.91 Å². The quantitative estimate of drug-likeness (QED) is 0.832. The van der Waals surface area contributed by atoms with Crippen molar-refractivity contribution in [3.05, 3.63) is 30.1 Å². The van der Waals surface area contributed by atoms with Gasteiger partial charge in [-0.05, 0) is 62.5 Å². The smallest absolute Gasteiger partial charge is 0.223 e. The third-order valence-electron chi connectivity index (χ3n) is 5.32. The minimum absolute atomic E-state index is 0.114. The van der Waals surface area contributed by atoms with Gasteiger partial charge in [0.15, 0.2) is 0 Å². The molecule has 0 bridgehead atoms. The number of carbonyl (C=O) groups is 1. The Morgan fingerprint density at radius 2 is 1.92 bits per heavy atom. The lowest BCUT2D eigenvalue weighted by atomic mass is 9.95. The molecule has 0 aromatic heterocycles. The van der Waals surface area contributed by atoms with Crippen LogP contribution in [0.3, 0.4) is 0 Å². The fourth-order valence-corrected chi connectivity index (χ4v) is 3.76. The maximum absolute atomic E-state index is 13.0. The van der Waals surface area contributed by atoms with Crippen LogP contribution in [0.5, 0.6) is 0 Å². The number of anilines is 1. The summed E-state index contributed by atoms with van der Waals surface area (Å²) in [7, 11) is 0. The summed E-state index contributed by atoms with van der Waals surface area (Å²) in [5.74, 6) is 3.21. The van der Waals surface area contributed by atoms with Crippen LogP contribution in [0.2, 0.25) is 0 Å². The molecular formula is C20H26FN3O. The Morgan fingerprint density at radius 3 is 2.60 bits per heavy atom. The van der Waals surface area contributed by atoms with Gasteiger partial charge in [-0.15, -0.1) is 6.42 Å². The standard InChI is InChI=1S/C20H26FN3O/c1-2-10-23-11-8-17(9-12-23)20(25)22-14-16-7-13-24(15-16)19-5-3-18(21)4-6-19/h1,3-6,16-17H,7-15H2,(H,22,25)/t16-/m0/s1. The van der Waals surface area contributed by atoms with Gasteiger partial charge in [-0.3, -0.25) is 9.69 Å². The average Bonchev–Trinajstić information content (AvgIpc) is 3.10. The molecule has 3 rings (SSSR count).